The van der Waals surface area contributed by atoms with Gasteiger partial charge in [0.15, 0.2) is 0 Å². The van der Waals surface area contributed by atoms with Crippen LogP contribution in [0.5, 0.6) is 0 Å². The molecule has 0 aliphatic carbocycles. The summed E-state index contributed by atoms with van der Waals surface area (Å²) >= 11 is 0. The van der Waals surface area contributed by atoms with E-state index in [1.807, 2.05) is 0 Å². The summed E-state index contributed by atoms with van der Waals surface area (Å²) in [6, 6.07) is 0.0833. The van der Waals surface area contributed by atoms with E-state index in [2.05, 4.69) is 13.8 Å². The zero-order chi connectivity index (χ0) is 9.35. The van der Waals surface area contributed by atoms with E-state index in [9.17, 15) is 8.78 Å². The molecule has 1 nitrogen and oxygen atoms in total. The molecular formula is C9H17F2N. The molecule has 1 aliphatic rings. The molecule has 3 heteroatoms. The average Bonchev–Trinajstić information content (AvgIpc) is 2.03. The molecule has 0 bridgehead atoms. The second-order valence-corrected chi connectivity index (χ2v) is 4.26. The maximum absolute atomic E-state index is 12.9. The molecule has 0 N–H and O–H groups in total. The largest absolute Gasteiger partial charge is 0.297 e. The summed E-state index contributed by atoms with van der Waals surface area (Å²) in [6.07, 6.45) is 0.924. The Bertz CT molecular complexity index is 157. The summed E-state index contributed by atoms with van der Waals surface area (Å²) in [5.74, 6) is -1.94. The highest BCUT2D eigenvalue weighted by Gasteiger charge is 2.42. The van der Waals surface area contributed by atoms with Crippen LogP contribution in [-0.4, -0.2) is 30.5 Å². The Labute approximate surface area is 72.7 Å². The van der Waals surface area contributed by atoms with Crippen LogP contribution in [0.1, 0.15) is 26.7 Å². The van der Waals surface area contributed by atoms with Gasteiger partial charge in [-0.3, -0.25) is 4.90 Å². The van der Waals surface area contributed by atoms with Gasteiger partial charge in [0.2, 0.25) is 0 Å². The molecule has 0 spiro atoms. The van der Waals surface area contributed by atoms with Gasteiger partial charge in [-0.2, -0.15) is 0 Å². The first-order valence-corrected chi connectivity index (χ1v) is 4.49. The fourth-order valence-electron chi connectivity index (χ4n) is 1.87. The first kappa shape index (κ1) is 9.90. The van der Waals surface area contributed by atoms with Gasteiger partial charge < -0.3 is 0 Å². The SMILES string of the molecule is CC(C)CC1CC(F)(F)CN1C. The van der Waals surface area contributed by atoms with Gasteiger partial charge in [-0.15, -0.1) is 0 Å². The molecule has 1 atom stereocenters. The predicted octanol–water partition coefficient (Wildman–Crippen LogP) is 2.37. The summed E-state index contributed by atoms with van der Waals surface area (Å²) in [7, 11) is 1.79. The zero-order valence-electron chi connectivity index (χ0n) is 7.98. The molecule has 1 rings (SSSR count). The van der Waals surface area contributed by atoms with Crippen molar-refractivity contribution in [2.45, 2.75) is 38.7 Å². The van der Waals surface area contributed by atoms with Crippen molar-refractivity contribution in [1.29, 1.82) is 0 Å². The number of rotatable bonds is 2. The summed E-state index contributed by atoms with van der Waals surface area (Å²) in [5, 5.41) is 0. The van der Waals surface area contributed by atoms with Crippen molar-refractivity contribution in [2.24, 2.45) is 5.92 Å². The molecule has 0 aromatic heterocycles. The van der Waals surface area contributed by atoms with Crippen LogP contribution in [0, 0.1) is 5.92 Å². The molecule has 1 aliphatic heterocycles. The van der Waals surface area contributed by atoms with Gasteiger partial charge in [-0.25, -0.2) is 8.78 Å². The van der Waals surface area contributed by atoms with Crippen molar-refractivity contribution in [3.05, 3.63) is 0 Å². The van der Waals surface area contributed by atoms with E-state index in [4.69, 9.17) is 0 Å². The molecule has 72 valence electrons. The predicted molar refractivity (Wildman–Crippen MR) is 45.4 cm³/mol. The second-order valence-electron chi connectivity index (χ2n) is 4.26. The molecular weight excluding hydrogens is 160 g/mol. The third-order valence-corrected chi connectivity index (χ3v) is 2.38. The minimum atomic E-state index is -2.45. The number of halogens is 2. The Hall–Kier alpha value is -0.180. The molecule has 1 fully saturated rings. The first-order chi connectivity index (χ1) is 5.41. The van der Waals surface area contributed by atoms with Crippen molar-refractivity contribution in [3.8, 4) is 0 Å². The number of hydrogen-bond acceptors (Lipinski definition) is 1. The zero-order valence-corrected chi connectivity index (χ0v) is 7.98. The van der Waals surface area contributed by atoms with Crippen molar-refractivity contribution in [1.82, 2.24) is 4.90 Å². The van der Waals surface area contributed by atoms with E-state index >= 15 is 0 Å². The quantitative estimate of drug-likeness (QED) is 0.626. The van der Waals surface area contributed by atoms with E-state index in [1.54, 1.807) is 11.9 Å². The number of nitrogens with zero attached hydrogens (tertiary/aromatic N) is 1. The highest BCUT2D eigenvalue weighted by Crippen LogP contribution is 2.33. The summed E-state index contributed by atoms with van der Waals surface area (Å²) < 4.78 is 25.7. The van der Waals surface area contributed by atoms with Crippen molar-refractivity contribution < 1.29 is 8.78 Å². The fourth-order valence-corrected chi connectivity index (χ4v) is 1.87. The van der Waals surface area contributed by atoms with Crippen LogP contribution in [0.2, 0.25) is 0 Å². The lowest BCUT2D eigenvalue weighted by molar-refractivity contribution is 0.0139. The topological polar surface area (TPSA) is 3.24 Å². The maximum atomic E-state index is 12.9. The van der Waals surface area contributed by atoms with Gasteiger partial charge in [-0.1, -0.05) is 13.8 Å². The van der Waals surface area contributed by atoms with Crippen LogP contribution in [0.25, 0.3) is 0 Å². The molecule has 1 heterocycles. The van der Waals surface area contributed by atoms with Crippen LogP contribution in [-0.2, 0) is 0 Å². The summed E-state index contributed by atoms with van der Waals surface area (Å²) in [6.45, 7) is 4.08. The Balaban J connectivity index is 2.47. The van der Waals surface area contributed by atoms with Gasteiger partial charge in [0, 0.05) is 12.5 Å². The van der Waals surface area contributed by atoms with E-state index < -0.39 is 5.92 Å². The van der Waals surface area contributed by atoms with Crippen molar-refractivity contribution in [2.75, 3.05) is 13.6 Å². The molecule has 0 aromatic carbocycles. The second kappa shape index (κ2) is 3.29. The van der Waals surface area contributed by atoms with Gasteiger partial charge in [0.05, 0.1) is 6.54 Å². The van der Waals surface area contributed by atoms with Crippen molar-refractivity contribution in [3.63, 3.8) is 0 Å². The molecule has 1 saturated heterocycles. The van der Waals surface area contributed by atoms with Crippen molar-refractivity contribution >= 4 is 0 Å². The van der Waals surface area contributed by atoms with E-state index in [0.29, 0.717) is 5.92 Å². The third kappa shape index (κ3) is 2.41. The minimum absolute atomic E-state index is 0.0433. The highest BCUT2D eigenvalue weighted by atomic mass is 19.3. The van der Waals surface area contributed by atoms with E-state index in [1.165, 1.54) is 0 Å². The normalized spacial score (nSPS) is 30.0. The van der Waals surface area contributed by atoms with Crippen LogP contribution in [0.15, 0.2) is 0 Å². The Morgan fingerprint density at radius 3 is 2.42 bits per heavy atom. The third-order valence-electron chi connectivity index (χ3n) is 2.38. The lowest BCUT2D eigenvalue weighted by Gasteiger charge is -2.19. The highest BCUT2D eigenvalue weighted by molar-refractivity contribution is 4.88. The molecule has 0 amide bonds. The monoisotopic (exact) mass is 177 g/mol. The first-order valence-electron chi connectivity index (χ1n) is 4.49. The van der Waals surface area contributed by atoms with E-state index in [-0.39, 0.29) is 19.0 Å². The van der Waals surface area contributed by atoms with Crippen LogP contribution in [0.4, 0.5) is 8.78 Å². The number of alkyl halides is 2. The smallest absolute Gasteiger partial charge is 0.262 e. The van der Waals surface area contributed by atoms with Gasteiger partial charge in [0.25, 0.3) is 5.92 Å². The van der Waals surface area contributed by atoms with Gasteiger partial charge >= 0.3 is 0 Å². The average molecular weight is 177 g/mol. The van der Waals surface area contributed by atoms with Crippen LogP contribution in [0.3, 0.4) is 0 Å². The Morgan fingerprint density at radius 1 is 1.50 bits per heavy atom. The summed E-state index contributed by atoms with van der Waals surface area (Å²) in [4.78, 5) is 1.78. The summed E-state index contributed by atoms with van der Waals surface area (Å²) in [5.41, 5.74) is 0. The Kier molecular flexibility index (Phi) is 2.71. The fraction of sp³-hybridized carbons (Fsp3) is 1.00. The number of hydrogen-bond donors (Lipinski definition) is 0. The lowest BCUT2D eigenvalue weighted by atomic mass is 10.0. The molecule has 0 aromatic rings. The van der Waals surface area contributed by atoms with Gasteiger partial charge in [-0.05, 0) is 19.4 Å². The standard InChI is InChI=1S/C9H17F2N/c1-7(2)4-8-5-9(10,11)6-12(8)3/h7-8H,4-6H2,1-3H3. The maximum Gasteiger partial charge on any atom is 0.262 e. The lowest BCUT2D eigenvalue weighted by Crippen LogP contribution is -2.26. The van der Waals surface area contributed by atoms with Crippen LogP contribution >= 0.6 is 0 Å². The minimum Gasteiger partial charge on any atom is -0.297 e. The van der Waals surface area contributed by atoms with Crippen LogP contribution < -0.4 is 0 Å². The molecule has 1 unspecified atom stereocenters. The Morgan fingerprint density at radius 2 is 2.08 bits per heavy atom. The number of likely N-dealkylation sites (tertiary alicyclic amines) is 1. The molecule has 12 heavy (non-hydrogen) atoms. The van der Waals surface area contributed by atoms with Gasteiger partial charge in [0.1, 0.15) is 0 Å². The molecule has 0 radical (unpaired) electrons. The molecule has 0 saturated carbocycles. The van der Waals surface area contributed by atoms with E-state index in [0.717, 1.165) is 6.42 Å².